The van der Waals surface area contributed by atoms with E-state index < -0.39 is 12.1 Å². The summed E-state index contributed by atoms with van der Waals surface area (Å²) in [5, 5.41) is 4.13. The van der Waals surface area contributed by atoms with E-state index in [0.29, 0.717) is 12.1 Å². The molecule has 1 atom stereocenters. The van der Waals surface area contributed by atoms with Gasteiger partial charge in [0.05, 0.1) is 18.3 Å². The van der Waals surface area contributed by atoms with Gasteiger partial charge in [-0.2, -0.15) is 5.10 Å². The fourth-order valence-corrected chi connectivity index (χ4v) is 1.59. The number of benzene rings is 1. The molecule has 0 N–H and O–H groups in total. The number of nitrogens with zero attached hydrogens (tertiary/aromatic N) is 2. The van der Waals surface area contributed by atoms with Crippen molar-refractivity contribution in [3.63, 3.8) is 0 Å². The van der Waals surface area contributed by atoms with E-state index >= 15 is 0 Å². The van der Waals surface area contributed by atoms with E-state index in [0.717, 1.165) is 5.56 Å². The van der Waals surface area contributed by atoms with Gasteiger partial charge in [-0.05, 0) is 12.5 Å². The van der Waals surface area contributed by atoms with Crippen LogP contribution in [0.1, 0.15) is 22.8 Å². The van der Waals surface area contributed by atoms with Crippen molar-refractivity contribution in [1.82, 2.24) is 9.78 Å². The molecule has 19 heavy (non-hydrogen) atoms. The summed E-state index contributed by atoms with van der Waals surface area (Å²) in [6.07, 6.45) is 7.75. The highest BCUT2D eigenvalue weighted by Crippen LogP contribution is 2.06. The number of hydrogen-bond acceptors (Lipinski definition) is 3. The average molecular weight is 254 g/mol. The molecule has 1 heterocycles. The zero-order valence-corrected chi connectivity index (χ0v) is 10.6. The zero-order valence-electron chi connectivity index (χ0n) is 10.6. The van der Waals surface area contributed by atoms with Crippen molar-refractivity contribution < 1.29 is 9.53 Å². The van der Waals surface area contributed by atoms with Crippen molar-refractivity contribution in [2.45, 2.75) is 19.6 Å². The molecule has 0 radical (unpaired) electrons. The van der Waals surface area contributed by atoms with Crippen LogP contribution in [0.4, 0.5) is 0 Å². The van der Waals surface area contributed by atoms with Crippen LogP contribution in [0.25, 0.3) is 0 Å². The molecular weight excluding hydrogens is 240 g/mol. The van der Waals surface area contributed by atoms with Crippen LogP contribution in [-0.4, -0.2) is 21.9 Å². The SMILES string of the molecule is C#C[C@H](C)OC(=O)c1cnn(Cc2ccccc2)c1. The highest BCUT2D eigenvalue weighted by molar-refractivity contribution is 5.89. The Morgan fingerprint density at radius 2 is 2.21 bits per heavy atom. The first-order valence-corrected chi connectivity index (χ1v) is 5.92. The molecule has 0 aliphatic rings. The lowest BCUT2D eigenvalue weighted by Gasteiger charge is -2.04. The molecule has 1 aromatic carbocycles. The lowest BCUT2D eigenvalue weighted by molar-refractivity contribution is 0.0438. The Balaban J connectivity index is 2.03. The van der Waals surface area contributed by atoms with Gasteiger partial charge in [-0.3, -0.25) is 4.68 Å². The number of ether oxygens (including phenoxy) is 1. The van der Waals surface area contributed by atoms with Crippen molar-refractivity contribution in [3.8, 4) is 12.3 Å². The third-order valence-electron chi connectivity index (χ3n) is 2.57. The summed E-state index contributed by atoms with van der Waals surface area (Å²) in [6.45, 7) is 2.26. The third-order valence-corrected chi connectivity index (χ3v) is 2.57. The van der Waals surface area contributed by atoms with Gasteiger partial charge >= 0.3 is 5.97 Å². The highest BCUT2D eigenvalue weighted by Gasteiger charge is 2.12. The van der Waals surface area contributed by atoms with E-state index in [2.05, 4.69) is 11.0 Å². The van der Waals surface area contributed by atoms with Gasteiger partial charge in [0.1, 0.15) is 0 Å². The zero-order chi connectivity index (χ0) is 13.7. The average Bonchev–Trinajstić information content (AvgIpc) is 2.88. The number of rotatable bonds is 4. The topological polar surface area (TPSA) is 44.1 Å². The number of esters is 1. The molecule has 2 aromatic rings. The molecule has 4 nitrogen and oxygen atoms in total. The molecule has 0 amide bonds. The maximum absolute atomic E-state index is 11.7. The van der Waals surface area contributed by atoms with Crippen LogP contribution in [0, 0.1) is 12.3 Å². The Morgan fingerprint density at radius 3 is 2.89 bits per heavy atom. The molecule has 1 aromatic heterocycles. The summed E-state index contributed by atoms with van der Waals surface area (Å²) in [4.78, 5) is 11.7. The van der Waals surface area contributed by atoms with Crippen molar-refractivity contribution in [2.24, 2.45) is 0 Å². The van der Waals surface area contributed by atoms with Crippen molar-refractivity contribution in [3.05, 3.63) is 53.9 Å². The van der Waals surface area contributed by atoms with Crippen LogP contribution in [0.15, 0.2) is 42.7 Å². The molecule has 0 aliphatic heterocycles. The lowest BCUT2D eigenvalue weighted by atomic mass is 10.2. The van der Waals surface area contributed by atoms with Crippen LogP contribution >= 0.6 is 0 Å². The summed E-state index contributed by atoms with van der Waals surface area (Å²) in [7, 11) is 0. The smallest absolute Gasteiger partial charge is 0.342 e. The predicted octanol–water partition coefficient (Wildman–Crippen LogP) is 2.11. The molecule has 0 saturated carbocycles. The Kier molecular flexibility index (Phi) is 3.99. The Morgan fingerprint density at radius 1 is 1.47 bits per heavy atom. The van der Waals surface area contributed by atoms with Crippen LogP contribution in [0.5, 0.6) is 0 Å². The Hall–Kier alpha value is -2.54. The van der Waals surface area contributed by atoms with Gasteiger partial charge in [-0.1, -0.05) is 36.3 Å². The molecule has 4 heteroatoms. The van der Waals surface area contributed by atoms with Crippen LogP contribution in [-0.2, 0) is 11.3 Å². The van der Waals surface area contributed by atoms with Gasteiger partial charge in [0.15, 0.2) is 6.10 Å². The van der Waals surface area contributed by atoms with Crippen molar-refractivity contribution in [1.29, 1.82) is 0 Å². The normalized spacial score (nSPS) is 11.6. The van der Waals surface area contributed by atoms with E-state index in [1.54, 1.807) is 17.8 Å². The second-order valence-electron chi connectivity index (χ2n) is 4.13. The number of hydrogen-bond donors (Lipinski definition) is 0. The highest BCUT2D eigenvalue weighted by atomic mass is 16.5. The molecule has 2 rings (SSSR count). The Labute approximate surface area is 112 Å². The number of aromatic nitrogens is 2. The van der Waals surface area contributed by atoms with Crippen LogP contribution in [0.3, 0.4) is 0 Å². The minimum atomic E-state index is -0.537. The molecule has 0 spiro atoms. The first-order valence-electron chi connectivity index (χ1n) is 5.92. The standard InChI is InChI=1S/C15H14N2O2/c1-3-12(2)19-15(18)14-9-16-17(11-14)10-13-7-5-4-6-8-13/h1,4-9,11-12H,10H2,2H3/t12-/m0/s1. The predicted molar refractivity (Wildman–Crippen MR) is 71.5 cm³/mol. The van der Waals surface area contributed by atoms with E-state index in [9.17, 15) is 4.79 Å². The molecule has 0 bridgehead atoms. The molecule has 0 fully saturated rings. The summed E-state index contributed by atoms with van der Waals surface area (Å²) in [6, 6.07) is 9.88. The van der Waals surface area contributed by atoms with Gasteiger partial charge in [-0.15, -0.1) is 6.42 Å². The molecular formula is C15H14N2O2. The van der Waals surface area contributed by atoms with Crippen LogP contribution < -0.4 is 0 Å². The maximum atomic E-state index is 11.7. The number of carbonyl (C=O) groups excluding carboxylic acids is 1. The maximum Gasteiger partial charge on any atom is 0.342 e. The molecule has 0 saturated heterocycles. The van der Waals surface area contributed by atoms with Gasteiger partial charge in [0.2, 0.25) is 0 Å². The second-order valence-corrected chi connectivity index (χ2v) is 4.13. The van der Waals surface area contributed by atoms with Crippen LogP contribution in [0.2, 0.25) is 0 Å². The third kappa shape index (κ3) is 3.46. The van der Waals surface area contributed by atoms with E-state index in [4.69, 9.17) is 11.2 Å². The number of carbonyl (C=O) groups is 1. The first-order chi connectivity index (χ1) is 9.19. The van der Waals surface area contributed by atoms with Gasteiger partial charge < -0.3 is 4.74 Å². The lowest BCUT2D eigenvalue weighted by Crippen LogP contribution is -2.12. The van der Waals surface area contributed by atoms with Gasteiger partial charge in [0, 0.05) is 6.20 Å². The number of terminal acetylenes is 1. The summed E-state index contributed by atoms with van der Waals surface area (Å²) in [5.41, 5.74) is 1.51. The minimum Gasteiger partial charge on any atom is -0.446 e. The largest absolute Gasteiger partial charge is 0.446 e. The molecule has 0 unspecified atom stereocenters. The van der Waals surface area contributed by atoms with E-state index in [-0.39, 0.29) is 0 Å². The molecule has 0 aliphatic carbocycles. The first kappa shape index (κ1) is 12.9. The van der Waals surface area contributed by atoms with E-state index in [1.165, 1.54) is 6.20 Å². The molecule has 96 valence electrons. The summed E-state index contributed by atoms with van der Waals surface area (Å²) >= 11 is 0. The van der Waals surface area contributed by atoms with Crippen molar-refractivity contribution >= 4 is 5.97 Å². The Bertz CT molecular complexity index is 596. The fraction of sp³-hybridized carbons (Fsp3) is 0.200. The van der Waals surface area contributed by atoms with Gasteiger partial charge in [-0.25, -0.2) is 4.79 Å². The fourth-order valence-electron chi connectivity index (χ4n) is 1.59. The monoisotopic (exact) mass is 254 g/mol. The van der Waals surface area contributed by atoms with Crippen molar-refractivity contribution in [2.75, 3.05) is 0 Å². The minimum absolute atomic E-state index is 0.401. The summed E-state index contributed by atoms with van der Waals surface area (Å²) in [5.74, 6) is 1.89. The quantitative estimate of drug-likeness (QED) is 0.620. The van der Waals surface area contributed by atoms with Gasteiger partial charge in [0.25, 0.3) is 0 Å². The summed E-state index contributed by atoms with van der Waals surface area (Å²) < 4.78 is 6.71. The van der Waals surface area contributed by atoms with E-state index in [1.807, 2.05) is 30.3 Å². The second kappa shape index (κ2) is 5.87.